The van der Waals surface area contributed by atoms with Gasteiger partial charge in [0.05, 0.1) is 0 Å². The minimum Gasteiger partial charge on any atom is -0.480 e. The van der Waals surface area contributed by atoms with Crippen molar-refractivity contribution in [3.8, 4) is 0 Å². The van der Waals surface area contributed by atoms with E-state index in [0.717, 1.165) is 6.42 Å². The van der Waals surface area contributed by atoms with Crippen LogP contribution in [0.4, 0.5) is 0 Å². The van der Waals surface area contributed by atoms with Gasteiger partial charge in [-0.25, -0.2) is 0 Å². The quantitative estimate of drug-likeness (QED) is 0.692. The lowest BCUT2D eigenvalue weighted by Crippen LogP contribution is -2.56. The third kappa shape index (κ3) is 2.88. The van der Waals surface area contributed by atoms with Gasteiger partial charge in [0.1, 0.15) is 11.5 Å². The molecule has 1 atom stereocenters. The summed E-state index contributed by atoms with van der Waals surface area (Å²) in [5.74, 6) is -1.82. The van der Waals surface area contributed by atoms with Crippen LogP contribution in [0.15, 0.2) is 0 Å². The summed E-state index contributed by atoms with van der Waals surface area (Å²) >= 11 is 0. The van der Waals surface area contributed by atoms with Gasteiger partial charge >= 0.3 is 5.97 Å². The van der Waals surface area contributed by atoms with Crippen LogP contribution in [0.25, 0.3) is 0 Å². The monoisotopic (exact) mass is 270 g/mol. The van der Waals surface area contributed by atoms with Gasteiger partial charge in [-0.15, -0.1) is 0 Å². The molecule has 0 saturated heterocycles. The lowest BCUT2D eigenvalue weighted by Gasteiger charge is -2.37. The number of nitrogens with one attached hydrogen (secondary N) is 1. The summed E-state index contributed by atoms with van der Waals surface area (Å²) in [6.45, 7) is 6.45. The molecule has 1 unspecified atom stereocenters. The Balaban J connectivity index is 2.66. The molecule has 6 heteroatoms. The first-order valence-corrected chi connectivity index (χ1v) is 6.72. The van der Waals surface area contributed by atoms with E-state index < -0.39 is 23.3 Å². The molecule has 108 valence electrons. The second kappa shape index (κ2) is 6.04. The predicted molar refractivity (Wildman–Crippen MR) is 69.5 cm³/mol. The Labute approximate surface area is 113 Å². The van der Waals surface area contributed by atoms with E-state index in [-0.39, 0.29) is 5.91 Å². The number of hydrogen-bond donors (Lipinski definition) is 2. The van der Waals surface area contributed by atoms with Gasteiger partial charge < -0.3 is 15.3 Å². The maximum atomic E-state index is 12.0. The zero-order chi connectivity index (χ0) is 14.6. The molecule has 1 fully saturated rings. The lowest BCUT2D eigenvalue weighted by atomic mass is 9.68. The second-order valence-electron chi connectivity index (χ2n) is 4.95. The molecular formula is C13H22N2O4. The summed E-state index contributed by atoms with van der Waals surface area (Å²) < 4.78 is 0. The predicted octanol–water partition coefficient (Wildman–Crippen LogP) is 0.614. The normalized spacial score (nSPS) is 18.1. The highest BCUT2D eigenvalue weighted by Crippen LogP contribution is 2.41. The zero-order valence-electron chi connectivity index (χ0n) is 11.7. The largest absolute Gasteiger partial charge is 0.480 e. The van der Waals surface area contributed by atoms with Gasteiger partial charge in [-0.05, 0) is 33.6 Å². The number of carbonyl (C=O) groups excluding carboxylic acids is 2. The highest BCUT2D eigenvalue weighted by atomic mass is 16.4. The van der Waals surface area contributed by atoms with E-state index in [1.807, 2.05) is 13.8 Å². The van der Waals surface area contributed by atoms with E-state index in [1.165, 1.54) is 0 Å². The van der Waals surface area contributed by atoms with E-state index in [4.69, 9.17) is 5.11 Å². The first kappa shape index (κ1) is 15.5. The average molecular weight is 270 g/mol. The van der Waals surface area contributed by atoms with E-state index in [0.29, 0.717) is 25.9 Å². The van der Waals surface area contributed by atoms with E-state index >= 15 is 0 Å². The summed E-state index contributed by atoms with van der Waals surface area (Å²) in [6.07, 6.45) is 1.43. The molecule has 0 radical (unpaired) electrons. The summed E-state index contributed by atoms with van der Waals surface area (Å²) in [7, 11) is 0. The molecule has 1 saturated carbocycles. The van der Waals surface area contributed by atoms with Crippen molar-refractivity contribution in [1.29, 1.82) is 0 Å². The molecular weight excluding hydrogens is 248 g/mol. The number of hydrogen-bond acceptors (Lipinski definition) is 3. The molecule has 0 aliphatic heterocycles. The third-order valence-corrected chi connectivity index (χ3v) is 3.84. The van der Waals surface area contributed by atoms with Gasteiger partial charge in [-0.2, -0.15) is 0 Å². The van der Waals surface area contributed by atoms with Crippen molar-refractivity contribution in [2.45, 2.75) is 46.1 Å². The maximum Gasteiger partial charge on any atom is 0.319 e. The van der Waals surface area contributed by atoms with Crippen LogP contribution in [0.1, 0.15) is 40.0 Å². The third-order valence-electron chi connectivity index (χ3n) is 3.84. The minimum absolute atomic E-state index is 0.182. The van der Waals surface area contributed by atoms with Gasteiger partial charge in [-0.1, -0.05) is 6.42 Å². The van der Waals surface area contributed by atoms with Crippen LogP contribution in [0.5, 0.6) is 0 Å². The fourth-order valence-corrected chi connectivity index (χ4v) is 2.27. The number of carbonyl (C=O) groups is 3. The second-order valence-corrected chi connectivity index (χ2v) is 4.95. The zero-order valence-corrected chi connectivity index (χ0v) is 11.7. The fourth-order valence-electron chi connectivity index (χ4n) is 2.27. The summed E-state index contributed by atoms with van der Waals surface area (Å²) in [5.41, 5.74) is -1.32. The fraction of sp³-hybridized carbons (Fsp3) is 0.769. The molecule has 1 aliphatic rings. The van der Waals surface area contributed by atoms with Crippen LogP contribution < -0.4 is 5.32 Å². The van der Waals surface area contributed by atoms with Crippen molar-refractivity contribution in [3.05, 3.63) is 0 Å². The Morgan fingerprint density at radius 3 is 2.11 bits per heavy atom. The van der Waals surface area contributed by atoms with E-state index in [9.17, 15) is 14.4 Å². The summed E-state index contributed by atoms with van der Waals surface area (Å²) in [4.78, 5) is 36.8. The molecule has 0 heterocycles. The Morgan fingerprint density at radius 1 is 1.26 bits per heavy atom. The van der Waals surface area contributed by atoms with E-state index in [1.54, 1.807) is 11.8 Å². The number of carboxylic acid groups (broad SMARTS) is 1. The Morgan fingerprint density at radius 2 is 1.79 bits per heavy atom. The lowest BCUT2D eigenvalue weighted by molar-refractivity contribution is -0.163. The first-order valence-electron chi connectivity index (χ1n) is 6.72. The highest BCUT2D eigenvalue weighted by molar-refractivity contribution is 6.04. The van der Waals surface area contributed by atoms with Crippen molar-refractivity contribution >= 4 is 17.8 Å². The molecule has 1 rings (SSSR count). The number of nitrogens with zero attached hydrogens (tertiary/aromatic N) is 1. The summed E-state index contributed by atoms with van der Waals surface area (Å²) in [5, 5.41) is 11.7. The van der Waals surface area contributed by atoms with Crippen molar-refractivity contribution in [1.82, 2.24) is 10.2 Å². The molecule has 0 bridgehead atoms. The standard InChI is InChI=1S/C13H22N2O4/c1-4-15(5-2)10(16)9(3)14-11(17)13(12(18)19)7-6-8-13/h9H,4-8H2,1-3H3,(H,14,17)(H,18,19). The SMILES string of the molecule is CCN(CC)C(=O)C(C)NC(=O)C1(C(=O)O)CCC1. The number of likely N-dealkylation sites (N-methyl/N-ethyl adjacent to an activating group) is 1. The van der Waals surface area contributed by atoms with Gasteiger partial charge in [0.25, 0.3) is 0 Å². The van der Waals surface area contributed by atoms with Crippen molar-refractivity contribution in [2.24, 2.45) is 5.41 Å². The summed E-state index contributed by atoms with van der Waals surface area (Å²) in [6, 6.07) is -0.691. The molecule has 0 spiro atoms. The maximum absolute atomic E-state index is 12.0. The molecule has 1 aliphatic carbocycles. The van der Waals surface area contributed by atoms with Crippen molar-refractivity contribution < 1.29 is 19.5 Å². The number of aliphatic carboxylic acids is 1. The molecule has 2 N–H and O–H groups in total. The minimum atomic E-state index is -1.32. The highest BCUT2D eigenvalue weighted by Gasteiger charge is 2.51. The molecule has 19 heavy (non-hydrogen) atoms. The van der Waals surface area contributed by atoms with Crippen LogP contribution in [-0.2, 0) is 14.4 Å². The number of amides is 2. The van der Waals surface area contributed by atoms with Crippen LogP contribution in [0, 0.1) is 5.41 Å². The Hall–Kier alpha value is -1.59. The molecule has 0 aromatic rings. The van der Waals surface area contributed by atoms with Crippen LogP contribution >= 0.6 is 0 Å². The van der Waals surface area contributed by atoms with Crippen molar-refractivity contribution in [2.75, 3.05) is 13.1 Å². The van der Waals surface area contributed by atoms with Crippen LogP contribution in [0.3, 0.4) is 0 Å². The Bertz CT molecular complexity index is 373. The van der Waals surface area contributed by atoms with Gasteiger partial charge in [0.2, 0.25) is 11.8 Å². The number of rotatable bonds is 6. The van der Waals surface area contributed by atoms with Crippen LogP contribution in [0.2, 0.25) is 0 Å². The topological polar surface area (TPSA) is 86.7 Å². The smallest absolute Gasteiger partial charge is 0.319 e. The van der Waals surface area contributed by atoms with Gasteiger partial charge in [0.15, 0.2) is 0 Å². The number of carboxylic acids is 1. The first-order chi connectivity index (χ1) is 8.89. The van der Waals surface area contributed by atoms with Crippen LogP contribution in [-0.4, -0.2) is 46.9 Å². The van der Waals surface area contributed by atoms with E-state index in [2.05, 4.69) is 5.32 Å². The average Bonchev–Trinajstić information content (AvgIpc) is 2.28. The molecule has 0 aromatic carbocycles. The Kier molecular flexibility index (Phi) is 4.91. The van der Waals surface area contributed by atoms with Crippen molar-refractivity contribution in [3.63, 3.8) is 0 Å². The molecule has 0 aromatic heterocycles. The van der Waals surface area contributed by atoms with Gasteiger partial charge in [-0.3, -0.25) is 14.4 Å². The molecule has 6 nitrogen and oxygen atoms in total. The molecule has 2 amide bonds. The van der Waals surface area contributed by atoms with Gasteiger partial charge in [0, 0.05) is 13.1 Å².